The van der Waals surface area contributed by atoms with Gasteiger partial charge in [0.25, 0.3) is 0 Å². The van der Waals surface area contributed by atoms with Crippen LogP contribution in [0.3, 0.4) is 0 Å². The smallest absolute Gasteiger partial charge is 0.222 e. The van der Waals surface area contributed by atoms with Crippen molar-refractivity contribution in [2.24, 2.45) is 5.92 Å². The number of carbonyl (C=O) groups is 1. The van der Waals surface area contributed by atoms with Crippen LogP contribution in [0.25, 0.3) is 0 Å². The molecular formula is C10H17NO. The lowest BCUT2D eigenvalue weighted by Gasteiger charge is -2.31. The van der Waals surface area contributed by atoms with Crippen LogP contribution in [0.1, 0.15) is 38.5 Å². The van der Waals surface area contributed by atoms with E-state index in [-0.39, 0.29) is 0 Å². The number of hydrogen-bond donors (Lipinski definition) is 0. The van der Waals surface area contributed by atoms with Crippen LogP contribution in [0.5, 0.6) is 0 Å². The molecule has 0 aromatic carbocycles. The average molecular weight is 167 g/mol. The van der Waals surface area contributed by atoms with Gasteiger partial charge in [-0.2, -0.15) is 0 Å². The Morgan fingerprint density at radius 1 is 1.08 bits per heavy atom. The molecule has 0 saturated carbocycles. The second-order valence-corrected chi connectivity index (χ2v) is 4.07. The molecule has 3 saturated heterocycles. The van der Waals surface area contributed by atoms with Crippen molar-refractivity contribution < 1.29 is 4.79 Å². The minimum absolute atomic E-state index is 0.402. The van der Waals surface area contributed by atoms with Gasteiger partial charge in [-0.05, 0) is 38.0 Å². The Balaban J connectivity index is 2.07. The molecule has 3 aliphatic rings. The van der Waals surface area contributed by atoms with E-state index in [0.29, 0.717) is 5.91 Å². The summed E-state index contributed by atoms with van der Waals surface area (Å²) in [6, 6.07) is 0. The fourth-order valence-electron chi connectivity index (χ4n) is 2.42. The minimum atomic E-state index is 0.402. The molecule has 0 radical (unpaired) electrons. The van der Waals surface area contributed by atoms with Crippen LogP contribution < -0.4 is 0 Å². The average Bonchev–Trinajstić information content (AvgIpc) is 1.97. The topological polar surface area (TPSA) is 20.3 Å². The monoisotopic (exact) mass is 167 g/mol. The summed E-state index contributed by atoms with van der Waals surface area (Å²) in [4.78, 5) is 13.6. The number of nitrogens with zero attached hydrogens (tertiary/aromatic N) is 1. The third kappa shape index (κ3) is 1.62. The van der Waals surface area contributed by atoms with E-state index in [4.69, 9.17) is 0 Å². The molecule has 2 bridgehead atoms. The molecule has 68 valence electrons. The summed E-state index contributed by atoms with van der Waals surface area (Å²) in [5.41, 5.74) is 0. The molecule has 0 unspecified atom stereocenters. The lowest BCUT2D eigenvalue weighted by molar-refractivity contribution is -0.133. The quantitative estimate of drug-likeness (QED) is 0.538. The Bertz CT molecular complexity index is 169. The lowest BCUT2D eigenvalue weighted by Crippen LogP contribution is -2.37. The van der Waals surface area contributed by atoms with Crippen molar-refractivity contribution in [3.8, 4) is 0 Å². The Kier molecular flexibility index (Phi) is 2.33. The molecule has 3 rings (SSSR count). The molecule has 0 aliphatic carbocycles. The number of hydrogen-bond acceptors (Lipinski definition) is 1. The van der Waals surface area contributed by atoms with E-state index in [1.165, 1.54) is 25.7 Å². The van der Waals surface area contributed by atoms with Crippen LogP contribution in [-0.2, 0) is 4.79 Å². The maximum Gasteiger partial charge on any atom is 0.222 e. The first kappa shape index (κ1) is 8.09. The molecule has 3 aliphatic heterocycles. The van der Waals surface area contributed by atoms with Gasteiger partial charge >= 0.3 is 0 Å². The summed E-state index contributed by atoms with van der Waals surface area (Å²) in [5.74, 6) is 1.26. The second-order valence-electron chi connectivity index (χ2n) is 4.07. The zero-order valence-electron chi connectivity index (χ0n) is 7.59. The fourth-order valence-corrected chi connectivity index (χ4v) is 2.42. The van der Waals surface area contributed by atoms with Crippen molar-refractivity contribution in [2.45, 2.75) is 38.5 Å². The molecule has 3 fully saturated rings. The van der Waals surface area contributed by atoms with Gasteiger partial charge in [-0.15, -0.1) is 0 Å². The molecule has 0 aromatic heterocycles. The Morgan fingerprint density at radius 3 is 2.42 bits per heavy atom. The Morgan fingerprint density at radius 2 is 1.75 bits per heavy atom. The van der Waals surface area contributed by atoms with E-state index in [2.05, 4.69) is 4.90 Å². The number of rotatable bonds is 0. The summed E-state index contributed by atoms with van der Waals surface area (Å²) in [6.07, 6.45) is 7.13. The van der Waals surface area contributed by atoms with Gasteiger partial charge < -0.3 is 4.90 Å². The largest absolute Gasteiger partial charge is 0.343 e. The maximum absolute atomic E-state index is 11.5. The SMILES string of the molecule is O=C1CCC2CCCN1CCC2. The van der Waals surface area contributed by atoms with E-state index in [0.717, 1.165) is 31.8 Å². The number of amides is 1. The predicted octanol–water partition coefficient (Wildman–Crippen LogP) is 1.80. The van der Waals surface area contributed by atoms with Gasteiger partial charge in [0.2, 0.25) is 5.91 Å². The second kappa shape index (κ2) is 3.46. The molecule has 1 amide bonds. The molecule has 3 heterocycles. The van der Waals surface area contributed by atoms with Gasteiger partial charge in [-0.3, -0.25) is 4.79 Å². The van der Waals surface area contributed by atoms with Crippen LogP contribution >= 0.6 is 0 Å². The Hall–Kier alpha value is -0.530. The van der Waals surface area contributed by atoms with Gasteiger partial charge in [-0.1, -0.05) is 0 Å². The van der Waals surface area contributed by atoms with Crippen LogP contribution in [-0.4, -0.2) is 23.9 Å². The lowest BCUT2D eigenvalue weighted by atomic mass is 9.89. The van der Waals surface area contributed by atoms with Gasteiger partial charge in [0, 0.05) is 19.5 Å². The van der Waals surface area contributed by atoms with E-state index in [1.807, 2.05) is 0 Å². The van der Waals surface area contributed by atoms with Crippen LogP contribution in [0.15, 0.2) is 0 Å². The first-order valence-electron chi connectivity index (χ1n) is 5.14. The molecule has 0 aromatic rings. The van der Waals surface area contributed by atoms with Crippen LogP contribution in [0, 0.1) is 5.92 Å². The fraction of sp³-hybridized carbons (Fsp3) is 0.900. The highest BCUT2D eigenvalue weighted by molar-refractivity contribution is 5.76. The van der Waals surface area contributed by atoms with Crippen molar-refractivity contribution in [3.63, 3.8) is 0 Å². The van der Waals surface area contributed by atoms with E-state index in [9.17, 15) is 4.79 Å². The number of carbonyl (C=O) groups excluding carboxylic acids is 1. The standard InChI is InChI=1S/C10H17NO/c12-10-6-5-9-3-1-7-11(10)8-2-4-9/h9H,1-8H2. The Labute approximate surface area is 73.9 Å². The maximum atomic E-state index is 11.5. The normalized spacial score (nSPS) is 26.7. The summed E-state index contributed by atoms with van der Waals surface area (Å²) in [5, 5.41) is 0. The van der Waals surface area contributed by atoms with Gasteiger partial charge in [0.05, 0.1) is 0 Å². The highest BCUT2D eigenvalue weighted by Gasteiger charge is 2.23. The molecule has 0 N–H and O–H groups in total. The van der Waals surface area contributed by atoms with Crippen molar-refractivity contribution in [3.05, 3.63) is 0 Å². The zero-order chi connectivity index (χ0) is 8.39. The molecule has 2 heteroatoms. The highest BCUT2D eigenvalue weighted by atomic mass is 16.2. The first-order chi connectivity index (χ1) is 5.86. The summed E-state index contributed by atoms with van der Waals surface area (Å²) in [6.45, 7) is 2.05. The van der Waals surface area contributed by atoms with Crippen molar-refractivity contribution in [1.29, 1.82) is 0 Å². The third-order valence-electron chi connectivity index (χ3n) is 3.20. The van der Waals surface area contributed by atoms with Gasteiger partial charge in [-0.25, -0.2) is 0 Å². The van der Waals surface area contributed by atoms with E-state index in [1.54, 1.807) is 0 Å². The zero-order valence-corrected chi connectivity index (χ0v) is 7.59. The summed E-state index contributed by atoms with van der Waals surface area (Å²) >= 11 is 0. The van der Waals surface area contributed by atoms with Crippen LogP contribution in [0.4, 0.5) is 0 Å². The summed E-state index contributed by atoms with van der Waals surface area (Å²) in [7, 11) is 0. The molecule has 0 spiro atoms. The van der Waals surface area contributed by atoms with Crippen molar-refractivity contribution in [1.82, 2.24) is 4.90 Å². The van der Waals surface area contributed by atoms with Gasteiger partial charge in [0.1, 0.15) is 0 Å². The third-order valence-corrected chi connectivity index (χ3v) is 3.20. The van der Waals surface area contributed by atoms with Crippen molar-refractivity contribution in [2.75, 3.05) is 13.1 Å². The minimum Gasteiger partial charge on any atom is -0.343 e. The summed E-state index contributed by atoms with van der Waals surface area (Å²) < 4.78 is 0. The van der Waals surface area contributed by atoms with Gasteiger partial charge in [0.15, 0.2) is 0 Å². The van der Waals surface area contributed by atoms with Crippen molar-refractivity contribution >= 4 is 5.91 Å². The number of fused-ring (bicyclic) bond motifs is 6. The van der Waals surface area contributed by atoms with Crippen LogP contribution in [0.2, 0.25) is 0 Å². The molecule has 2 nitrogen and oxygen atoms in total. The highest BCUT2D eigenvalue weighted by Crippen LogP contribution is 2.26. The first-order valence-corrected chi connectivity index (χ1v) is 5.14. The van der Waals surface area contributed by atoms with E-state index < -0.39 is 0 Å². The molecular weight excluding hydrogens is 150 g/mol. The van der Waals surface area contributed by atoms with E-state index >= 15 is 0 Å². The predicted molar refractivity (Wildman–Crippen MR) is 47.8 cm³/mol. The molecule has 0 atom stereocenters. The molecule has 12 heavy (non-hydrogen) atoms.